The third-order valence-corrected chi connectivity index (χ3v) is 2.85. The molecule has 0 spiro atoms. The van der Waals surface area contributed by atoms with Gasteiger partial charge < -0.3 is 4.43 Å². The van der Waals surface area contributed by atoms with E-state index in [4.69, 9.17) is 0 Å². The Morgan fingerprint density at radius 2 is 1.33 bits per heavy atom. The maximum atomic E-state index is 12.9. The van der Waals surface area contributed by atoms with E-state index in [9.17, 15) is 35.1 Å². The molecule has 1 nitrogen and oxygen atoms in total. The first kappa shape index (κ1) is 17.6. The first-order valence-electron chi connectivity index (χ1n) is 4.71. The van der Waals surface area contributed by atoms with Crippen LogP contribution in [0.2, 0.25) is 19.6 Å². The Bertz CT molecular complexity index is 285. The van der Waals surface area contributed by atoms with Gasteiger partial charge in [0.1, 0.15) is 6.61 Å². The maximum absolute atomic E-state index is 12.9. The van der Waals surface area contributed by atoms with Gasteiger partial charge in [0.25, 0.3) is 0 Å². The Morgan fingerprint density at radius 3 is 1.61 bits per heavy atom. The second-order valence-corrected chi connectivity index (χ2v) is 9.12. The van der Waals surface area contributed by atoms with Crippen LogP contribution in [0.4, 0.5) is 35.1 Å². The van der Waals surface area contributed by atoms with Crippen molar-refractivity contribution in [1.82, 2.24) is 0 Å². The highest BCUT2D eigenvalue weighted by Gasteiger charge is 2.75. The Morgan fingerprint density at radius 1 is 0.944 bits per heavy atom. The minimum absolute atomic E-state index is 1.35. The van der Waals surface area contributed by atoms with Crippen LogP contribution in [0.25, 0.3) is 0 Å². The van der Waals surface area contributed by atoms with Gasteiger partial charge in [-0.3, -0.25) is 0 Å². The predicted octanol–water partition coefficient (Wildman–Crippen LogP) is 4.01. The lowest BCUT2D eigenvalue weighted by Gasteiger charge is -2.33. The highest BCUT2D eigenvalue weighted by molar-refractivity contribution is 6.69. The lowest BCUT2D eigenvalue weighted by molar-refractivity contribution is -0.342. The van der Waals surface area contributed by atoms with Crippen LogP contribution < -0.4 is 0 Å². The molecule has 0 rings (SSSR count). The summed E-state index contributed by atoms with van der Waals surface area (Å²) in [5, 5.41) is 0. The molecule has 0 radical (unpaired) electrons. The Hall–Kier alpha value is -0.383. The van der Waals surface area contributed by atoms with E-state index >= 15 is 0 Å². The molecule has 0 aromatic carbocycles. The molecule has 0 aromatic heterocycles. The third-order valence-electron chi connectivity index (χ3n) is 1.84. The van der Waals surface area contributed by atoms with Crippen LogP contribution in [-0.2, 0) is 4.43 Å². The number of hydrogen-bond acceptors (Lipinski definition) is 1. The summed E-state index contributed by atoms with van der Waals surface area (Å²) in [6, 6.07) is 0. The molecule has 0 fully saturated rings. The fourth-order valence-corrected chi connectivity index (χ4v) is 1.39. The van der Waals surface area contributed by atoms with Crippen molar-refractivity contribution in [3.63, 3.8) is 0 Å². The Labute approximate surface area is 99.2 Å². The van der Waals surface area contributed by atoms with Crippen molar-refractivity contribution in [1.29, 1.82) is 0 Å². The van der Waals surface area contributed by atoms with Gasteiger partial charge in [0.2, 0.25) is 0 Å². The summed E-state index contributed by atoms with van der Waals surface area (Å²) in [5.41, 5.74) is 0. The van der Waals surface area contributed by atoms with Crippen LogP contribution in [0, 0.1) is 0 Å². The molecule has 0 saturated carbocycles. The van der Waals surface area contributed by atoms with Crippen molar-refractivity contribution in [2.24, 2.45) is 0 Å². The maximum Gasteiger partial charge on any atom is 0.380 e. The Balaban J connectivity index is 5.08. The van der Waals surface area contributed by atoms with Crippen molar-refractivity contribution in [2.75, 3.05) is 6.61 Å². The van der Waals surface area contributed by atoms with E-state index in [-0.39, 0.29) is 0 Å². The van der Waals surface area contributed by atoms with Gasteiger partial charge in [0.15, 0.2) is 8.32 Å². The van der Waals surface area contributed by atoms with Gasteiger partial charge >= 0.3 is 24.2 Å². The summed E-state index contributed by atoms with van der Waals surface area (Å²) in [5.74, 6) is -17.7. The zero-order valence-corrected chi connectivity index (χ0v) is 10.7. The van der Waals surface area contributed by atoms with E-state index < -0.39 is 39.1 Å². The zero-order valence-electron chi connectivity index (χ0n) is 9.72. The van der Waals surface area contributed by atoms with Crippen LogP contribution in [0.3, 0.4) is 0 Å². The monoisotopic (exact) mass is 304 g/mol. The van der Waals surface area contributed by atoms with E-state index in [0.29, 0.717) is 0 Å². The summed E-state index contributed by atoms with van der Waals surface area (Å²) in [6.45, 7) is 2.03. The average molecular weight is 304 g/mol. The molecule has 18 heavy (non-hydrogen) atoms. The van der Waals surface area contributed by atoms with E-state index in [0.717, 1.165) is 0 Å². The van der Waals surface area contributed by atoms with Gasteiger partial charge in [-0.1, -0.05) is 0 Å². The van der Waals surface area contributed by atoms with Crippen LogP contribution in [0.15, 0.2) is 0 Å². The molecule has 0 aliphatic heterocycles. The molecule has 0 atom stereocenters. The second-order valence-electron chi connectivity index (χ2n) is 4.60. The fraction of sp³-hybridized carbons (Fsp3) is 1.00. The van der Waals surface area contributed by atoms with Crippen LogP contribution >= 0.6 is 0 Å². The highest BCUT2D eigenvalue weighted by atomic mass is 28.4. The van der Waals surface area contributed by atoms with E-state index in [1.54, 1.807) is 0 Å². The highest BCUT2D eigenvalue weighted by Crippen LogP contribution is 2.48. The summed E-state index contributed by atoms with van der Waals surface area (Å²) in [4.78, 5) is 0. The summed E-state index contributed by atoms with van der Waals surface area (Å²) in [6.07, 6.45) is -4.90. The Kier molecular flexibility index (Phi) is 4.84. The number of alkyl halides is 8. The van der Waals surface area contributed by atoms with Crippen LogP contribution in [0.5, 0.6) is 0 Å². The summed E-state index contributed by atoms with van der Waals surface area (Å²) >= 11 is 0. The molecule has 110 valence electrons. The fourth-order valence-electron chi connectivity index (χ4n) is 0.779. The molecule has 0 unspecified atom stereocenters. The zero-order chi connectivity index (χ0) is 15.0. The SMILES string of the molecule is C[Si](C)(C)OCC(F)(F)C(F)(F)C(F)(F)C(F)F. The van der Waals surface area contributed by atoms with Gasteiger partial charge in [-0.05, 0) is 19.6 Å². The third kappa shape index (κ3) is 3.56. The minimum atomic E-state index is -6.19. The topological polar surface area (TPSA) is 9.23 Å². The average Bonchev–Trinajstić information content (AvgIpc) is 2.13. The molecule has 0 amide bonds. The second kappa shape index (κ2) is 4.95. The number of halogens is 8. The quantitative estimate of drug-likeness (QED) is 0.532. The van der Waals surface area contributed by atoms with Crippen molar-refractivity contribution in [2.45, 2.75) is 43.8 Å². The smallest absolute Gasteiger partial charge is 0.380 e. The molecule has 0 aromatic rings. The van der Waals surface area contributed by atoms with E-state index in [1.165, 1.54) is 19.6 Å². The molecule has 0 saturated heterocycles. The van der Waals surface area contributed by atoms with Crippen molar-refractivity contribution in [3.05, 3.63) is 0 Å². The molecule has 0 aliphatic rings. The van der Waals surface area contributed by atoms with Gasteiger partial charge in [-0.15, -0.1) is 0 Å². The van der Waals surface area contributed by atoms with Gasteiger partial charge in [0.05, 0.1) is 0 Å². The molecule has 0 heterocycles. The molecule has 0 N–H and O–H groups in total. The van der Waals surface area contributed by atoms with Crippen LogP contribution in [-0.4, -0.2) is 39.1 Å². The van der Waals surface area contributed by atoms with Crippen molar-refractivity contribution in [3.8, 4) is 0 Å². The van der Waals surface area contributed by atoms with Crippen molar-refractivity contribution < 1.29 is 39.5 Å². The standard InChI is InChI=1S/C8H12F8OSi/c1-18(2,3)17-4-6(11,12)8(15,16)7(13,14)5(9)10/h5H,4H2,1-3H3. The predicted molar refractivity (Wildman–Crippen MR) is 50.1 cm³/mol. The minimum Gasteiger partial charge on any atom is -0.411 e. The van der Waals surface area contributed by atoms with Crippen LogP contribution in [0.1, 0.15) is 0 Å². The number of rotatable bonds is 6. The van der Waals surface area contributed by atoms with E-state index in [2.05, 4.69) is 4.43 Å². The first-order valence-corrected chi connectivity index (χ1v) is 8.11. The van der Waals surface area contributed by atoms with Crippen molar-refractivity contribution >= 4 is 8.32 Å². The lowest BCUT2D eigenvalue weighted by Crippen LogP contribution is -2.59. The van der Waals surface area contributed by atoms with Gasteiger partial charge in [-0.2, -0.15) is 26.3 Å². The normalized spacial score (nSPS) is 15.3. The van der Waals surface area contributed by atoms with Gasteiger partial charge in [0, 0.05) is 0 Å². The number of hydrogen-bond donors (Lipinski definition) is 0. The molecule has 0 bridgehead atoms. The first-order chi connectivity index (χ1) is 7.65. The summed E-state index contributed by atoms with van der Waals surface area (Å²) in [7, 11) is -2.68. The van der Waals surface area contributed by atoms with Gasteiger partial charge in [-0.25, -0.2) is 8.78 Å². The largest absolute Gasteiger partial charge is 0.411 e. The summed E-state index contributed by atoms with van der Waals surface area (Å²) < 4.78 is 104. The molecule has 0 aliphatic carbocycles. The van der Waals surface area contributed by atoms with E-state index in [1.807, 2.05) is 0 Å². The molecular formula is C8H12F8OSi. The molecule has 10 heteroatoms. The lowest BCUT2D eigenvalue weighted by atomic mass is 10.1. The molecular weight excluding hydrogens is 292 g/mol.